The lowest BCUT2D eigenvalue weighted by Crippen LogP contribution is -2.39. The molecule has 2 aliphatic heterocycles. The van der Waals surface area contributed by atoms with Crippen molar-refractivity contribution in [3.8, 4) is 11.5 Å². The van der Waals surface area contributed by atoms with Crippen LogP contribution < -0.4 is 29.3 Å². The molecule has 0 N–H and O–H groups in total. The van der Waals surface area contributed by atoms with Crippen LogP contribution in [0.15, 0.2) is 63.5 Å². The Balaban J connectivity index is 1.68. The summed E-state index contributed by atoms with van der Waals surface area (Å²) in [5, 5.41) is 0. The summed E-state index contributed by atoms with van der Waals surface area (Å²) < 4.78 is 13.0. The van der Waals surface area contributed by atoms with Gasteiger partial charge in [0.1, 0.15) is 0 Å². The number of nitrogens with zero attached hydrogens (tertiary/aromatic N) is 3. The number of anilines is 1. The Morgan fingerprint density at radius 1 is 1.15 bits per heavy atom. The van der Waals surface area contributed by atoms with E-state index in [9.17, 15) is 9.59 Å². The van der Waals surface area contributed by atoms with Gasteiger partial charge in [-0.2, -0.15) is 0 Å². The molecule has 0 bridgehead atoms. The smallest absolute Gasteiger partial charge is 0.271 e. The van der Waals surface area contributed by atoms with Gasteiger partial charge in [-0.25, -0.2) is 4.99 Å². The SMILES string of the molecule is CC(=O)C1=C(C)N=c2sc(=Cc3ccc4c(c3)OCO4)c(=O)n2[C@H]1c1ccc(N(C)C)cc1. The van der Waals surface area contributed by atoms with Crippen molar-refractivity contribution in [3.63, 3.8) is 0 Å². The molecule has 2 aromatic carbocycles. The van der Waals surface area contributed by atoms with Crippen LogP contribution in [0.4, 0.5) is 5.69 Å². The molecule has 0 unspecified atom stereocenters. The number of fused-ring (bicyclic) bond motifs is 2. The van der Waals surface area contributed by atoms with E-state index >= 15 is 0 Å². The van der Waals surface area contributed by atoms with E-state index in [0.29, 0.717) is 32.1 Å². The lowest BCUT2D eigenvalue weighted by atomic mass is 9.93. The summed E-state index contributed by atoms with van der Waals surface area (Å²) in [5.74, 6) is 1.25. The third kappa shape index (κ3) is 3.66. The van der Waals surface area contributed by atoms with Gasteiger partial charge in [-0.05, 0) is 55.3 Å². The molecular weight excluding hydrogens is 438 g/mol. The Hall–Kier alpha value is -3.65. The van der Waals surface area contributed by atoms with Crippen molar-refractivity contribution in [1.29, 1.82) is 0 Å². The maximum absolute atomic E-state index is 13.6. The maximum atomic E-state index is 13.6. The van der Waals surface area contributed by atoms with E-state index in [1.165, 1.54) is 18.3 Å². The number of ether oxygens (including phenoxy) is 2. The molecule has 0 radical (unpaired) electrons. The fourth-order valence-electron chi connectivity index (χ4n) is 4.20. The second-order valence-electron chi connectivity index (χ2n) is 8.24. The summed E-state index contributed by atoms with van der Waals surface area (Å²) in [6, 6.07) is 13.0. The Kier molecular flexibility index (Phi) is 5.17. The van der Waals surface area contributed by atoms with Gasteiger partial charge in [-0.1, -0.05) is 29.5 Å². The van der Waals surface area contributed by atoms with Crippen molar-refractivity contribution >= 4 is 28.9 Å². The van der Waals surface area contributed by atoms with Crippen LogP contribution in [0.2, 0.25) is 0 Å². The minimum Gasteiger partial charge on any atom is -0.454 e. The van der Waals surface area contributed by atoms with Gasteiger partial charge in [0.2, 0.25) is 6.79 Å². The fraction of sp³-hybridized carbons (Fsp3) is 0.240. The highest BCUT2D eigenvalue weighted by Crippen LogP contribution is 2.33. The molecule has 3 heterocycles. The molecule has 33 heavy (non-hydrogen) atoms. The van der Waals surface area contributed by atoms with Crippen LogP contribution in [-0.2, 0) is 4.79 Å². The molecule has 0 fully saturated rings. The summed E-state index contributed by atoms with van der Waals surface area (Å²) in [7, 11) is 3.94. The number of hydrogen-bond donors (Lipinski definition) is 0. The summed E-state index contributed by atoms with van der Waals surface area (Å²) in [6.07, 6.45) is 1.82. The van der Waals surface area contributed by atoms with Crippen LogP contribution in [0, 0.1) is 0 Å². The average molecular weight is 462 g/mol. The quantitative estimate of drug-likeness (QED) is 0.597. The van der Waals surface area contributed by atoms with E-state index in [4.69, 9.17) is 9.47 Å². The molecule has 8 heteroatoms. The highest BCUT2D eigenvalue weighted by molar-refractivity contribution is 7.07. The summed E-state index contributed by atoms with van der Waals surface area (Å²) >= 11 is 1.32. The predicted molar refractivity (Wildman–Crippen MR) is 128 cm³/mol. The molecule has 0 saturated heterocycles. The first kappa shape index (κ1) is 21.2. The maximum Gasteiger partial charge on any atom is 0.271 e. The van der Waals surface area contributed by atoms with E-state index in [0.717, 1.165) is 16.8 Å². The number of carbonyl (C=O) groups is 1. The molecule has 2 aliphatic rings. The molecule has 168 valence electrons. The van der Waals surface area contributed by atoms with Gasteiger partial charge in [0, 0.05) is 31.1 Å². The topological polar surface area (TPSA) is 73.1 Å². The lowest BCUT2D eigenvalue weighted by molar-refractivity contribution is -0.114. The average Bonchev–Trinajstić information content (AvgIpc) is 3.36. The number of benzene rings is 2. The molecule has 0 amide bonds. The van der Waals surface area contributed by atoms with Crippen LogP contribution in [0.25, 0.3) is 6.08 Å². The minimum atomic E-state index is -0.520. The first-order chi connectivity index (χ1) is 15.8. The second kappa shape index (κ2) is 8.04. The molecule has 7 nitrogen and oxygen atoms in total. The van der Waals surface area contributed by atoms with Crippen molar-refractivity contribution in [2.24, 2.45) is 4.99 Å². The van der Waals surface area contributed by atoms with E-state index in [1.54, 1.807) is 4.57 Å². The van der Waals surface area contributed by atoms with Gasteiger partial charge in [0.05, 0.1) is 10.6 Å². The van der Waals surface area contributed by atoms with Gasteiger partial charge in [0.25, 0.3) is 5.56 Å². The van der Waals surface area contributed by atoms with Crippen molar-refractivity contribution in [2.45, 2.75) is 19.9 Å². The number of Topliss-reactive ketones (excluding diaryl/α,β-unsaturated/α-hetero) is 1. The molecule has 5 rings (SSSR count). The number of carbonyl (C=O) groups excluding carboxylic acids is 1. The van der Waals surface area contributed by atoms with Gasteiger partial charge in [-0.3, -0.25) is 14.2 Å². The van der Waals surface area contributed by atoms with E-state index in [2.05, 4.69) is 4.99 Å². The Labute approximate surface area is 194 Å². The number of allylic oxidation sites excluding steroid dienone is 2. The third-order valence-electron chi connectivity index (χ3n) is 5.82. The van der Waals surface area contributed by atoms with Crippen LogP contribution in [-0.4, -0.2) is 31.2 Å². The summed E-state index contributed by atoms with van der Waals surface area (Å²) in [6.45, 7) is 3.55. The Bertz CT molecular complexity index is 1480. The normalized spacial score (nSPS) is 17.1. The Morgan fingerprint density at radius 3 is 2.58 bits per heavy atom. The first-order valence-electron chi connectivity index (χ1n) is 10.5. The highest BCUT2D eigenvalue weighted by atomic mass is 32.1. The number of aromatic nitrogens is 1. The molecule has 1 atom stereocenters. The molecular formula is C25H23N3O4S. The van der Waals surface area contributed by atoms with Crippen LogP contribution in [0.3, 0.4) is 0 Å². The summed E-state index contributed by atoms with van der Waals surface area (Å²) in [4.78, 5) is 33.4. The zero-order valence-corrected chi connectivity index (χ0v) is 19.6. The first-order valence-corrected chi connectivity index (χ1v) is 11.4. The monoisotopic (exact) mass is 461 g/mol. The predicted octanol–water partition coefficient (Wildman–Crippen LogP) is 2.62. The Morgan fingerprint density at radius 2 is 1.88 bits per heavy atom. The molecule has 0 aliphatic carbocycles. The van der Waals surface area contributed by atoms with Crippen molar-refractivity contribution in [3.05, 3.63) is 84.5 Å². The lowest BCUT2D eigenvalue weighted by Gasteiger charge is -2.25. The number of rotatable bonds is 4. The van der Waals surface area contributed by atoms with Crippen LogP contribution in [0.5, 0.6) is 11.5 Å². The number of thiazole rings is 1. The van der Waals surface area contributed by atoms with Gasteiger partial charge in [0.15, 0.2) is 22.1 Å². The standard InChI is InChI=1S/C25H23N3O4S/c1-14-22(15(2)29)23(17-6-8-18(9-7-17)27(3)4)28-24(30)21(33-25(28)26-14)12-16-5-10-19-20(11-16)32-13-31-19/h5-12,23H,13H2,1-4H3/t23-/m0/s1. The van der Waals surface area contributed by atoms with E-state index in [-0.39, 0.29) is 18.1 Å². The molecule has 3 aromatic rings. The fourth-order valence-corrected chi connectivity index (χ4v) is 5.24. The molecule has 0 spiro atoms. The minimum absolute atomic E-state index is 0.0945. The highest BCUT2D eigenvalue weighted by Gasteiger charge is 2.30. The molecule has 1 aromatic heterocycles. The van der Waals surface area contributed by atoms with Crippen molar-refractivity contribution in [2.75, 3.05) is 25.8 Å². The van der Waals surface area contributed by atoms with E-state index in [1.807, 2.05) is 74.5 Å². The zero-order valence-electron chi connectivity index (χ0n) is 18.8. The van der Waals surface area contributed by atoms with Crippen molar-refractivity contribution < 1.29 is 14.3 Å². The number of ketones is 1. The second-order valence-corrected chi connectivity index (χ2v) is 9.25. The van der Waals surface area contributed by atoms with Crippen LogP contribution >= 0.6 is 11.3 Å². The van der Waals surface area contributed by atoms with E-state index < -0.39 is 6.04 Å². The largest absolute Gasteiger partial charge is 0.454 e. The van der Waals surface area contributed by atoms with Crippen molar-refractivity contribution in [1.82, 2.24) is 4.57 Å². The van der Waals surface area contributed by atoms with Gasteiger partial charge in [-0.15, -0.1) is 0 Å². The zero-order chi connectivity index (χ0) is 23.3. The van der Waals surface area contributed by atoms with Gasteiger partial charge < -0.3 is 14.4 Å². The summed E-state index contributed by atoms with van der Waals surface area (Å²) in [5.41, 5.74) is 3.74. The third-order valence-corrected chi connectivity index (χ3v) is 6.80. The number of hydrogen-bond acceptors (Lipinski definition) is 7. The molecule has 0 saturated carbocycles. The van der Waals surface area contributed by atoms with Gasteiger partial charge >= 0.3 is 0 Å². The van der Waals surface area contributed by atoms with Crippen LogP contribution in [0.1, 0.15) is 31.0 Å².